The van der Waals surface area contributed by atoms with Crippen LogP contribution >= 0.6 is 25.3 Å². The van der Waals surface area contributed by atoms with E-state index in [-0.39, 0.29) is 0 Å². The van der Waals surface area contributed by atoms with Crippen molar-refractivity contribution in [3.8, 4) is 0 Å². The quantitative estimate of drug-likeness (QED) is 0.415. The maximum Gasteiger partial charge on any atom is 0.0312 e. The molecule has 0 aliphatic carbocycles. The third-order valence-corrected chi connectivity index (χ3v) is 3.44. The number of rotatable bonds is 9. The highest BCUT2D eigenvalue weighted by Crippen LogP contribution is 1.94. The molecule has 0 aromatic carbocycles. The molecule has 0 aliphatic heterocycles. The van der Waals surface area contributed by atoms with Crippen LogP contribution in [0, 0.1) is 0 Å². The zero-order chi connectivity index (χ0) is 16.6. The van der Waals surface area contributed by atoms with Crippen LogP contribution in [0.1, 0.15) is 17.5 Å². The van der Waals surface area contributed by atoms with Crippen LogP contribution < -0.4 is 10.6 Å². The standard InChI is InChI=1S/C9H14N2S.C8H12N2S/c12-6-2-5-11-8-9-3-1-4-10-7-9;11-5-4-10-7-8-2-1-3-9-6-8/h1,3-4,7,11-12H,2,5-6,8H2;1-3,6,10-11H,4-5,7H2. The minimum Gasteiger partial charge on any atom is -0.313 e. The van der Waals surface area contributed by atoms with Crippen LogP contribution in [0.25, 0.3) is 0 Å². The Bertz CT molecular complexity index is 482. The van der Waals surface area contributed by atoms with Gasteiger partial charge in [-0.25, -0.2) is 0 Å². The summed E-state index contributed by atoms with van der Waals surface area (Å²) in [5.41, 5.74) is 2.45. The monoisotopic (exact) mass is 350 g/mol. The molecule has 0 fully saturated rings. The van der Waals surface area contributed by atoms with Crippen molar-refractivity contribution >= 4 is 25.3 Å². The summed E-state index contributed by atoms with van der Waals surface area (Å²) in [4.78, 5) is 8.03. The van der Waals surface area contributed by atoms with Gasteiger partial charge in [0, 0.05) is 50.2 Å². The first-order valence-corrected chi connectivity index (χ1v) is 9.04. The minimum atomic E-state index is 0.875. The average molecular weight is 351 g/mol. The van der Waals surface area contributed by atoms with Crippen LogP contribution in [-0.4, -0.2) is 34.6 Å². The fraction of sp³-hybridized carbons (Fsp3) is 0.412. The Labute approximate surface area is 150 Å². The molecule has 0 aliphatic rings. The fourth-order valence-corrected chi connectivity index (χ4v) is 2.07. The van der Waals surface area contributed by atoms with Gasteiger partial charge in [-0.1, -0.05) is 12.1 Å². The number of nitrogens with zero attached hydrogens (tertiary/aromatic N) is 2. The molecule has 2 rings (SSSR count). The molecule has 2 heterocycles. The summed E-state index contributed by atoms with van der Waals surface area (Å²) in [7, 11) is 0. The van der Waals surface area contributed by atoms with Crippen molar-refractivity contribution in [2.24, 2.45) is 0 Å². The predicted molar refractivity (Wildman–Crippen MR) is 104 cm³/mol. The molecule has 23 heavy (non-hydrogen) atoms. The predicted octanol–water partition coefficient (Wildman–Crippen LogP) is 2.59. The Balaban J connectivity index is 0.000000231. The van der Waals surface area contributed by atoms with E-state index >= 15 is 0 Å². The molecule has 2 N–H and O–H groups in total. The lowest BCUT2D eigenvalue weighted by Crippen LogP contribution is -2.15. The molecule has 6 heteroatoms. The van der Waals surface area contributed by atoms with Gasteiger partial charge in [-0.2, -0.15) is 25.3 Å². The first-order valence-electron chi connectivity index (χ1n) is 7.77. The number of pyridine rings is 2. The first kappa shape index (κ1) is 20.0. The molecule has 126 valence electrons. The molecule has 0 unspecified atom stereocenters. The summed E-state index contributed by atoms with van der Waals surface area (Å²) in [6.45, 7) is 3.76. The van der Waals surface area contributed by atoms with E-state index in [0.717, 1.165) is 44.1 Å². The summed E-state index contributed by atoms with van der Waals surface area (Å²) in [5.74, 6) is 1.82. The van der Waals surface area contributed by atoms with Crippen molar-refractivity contribution in [3.63, 3.8) is 0 Å². The molecule has 0 amide bonds. The van der Waals surface area contributed by atoms with E-state index in [0.29, 0.717) is 0 Å². The average Bonchev–Trinajstić information content (AvgIpc) is 2.61. The van der Waals surface area contributed by atoms with Crippen LogP contribution in [0.15, 0.2) is 49.1 Å². The summed E-state index contributed by atoms with van der Waals surface area (Å²) in [5, 5.41) is 6.55. The highest BCUT2D eigenvalue weighted by molar-refractivity contribution is 7.80. The normalized spacial score (nSPS) is 10.0. The molecule has 2 aromatic heterocycles. The molecule has 0 atom stereocenters. The Kier molecular flexibility index (Phi) is 12.6. The maximum atomic E-state index is 4.13. The lowest BCUT2D eigenvalue weighted by Gasteiger charge is -2.01. The lowest BCUT2D eigenvalue weighted by molar-refractivity contribution is 0.678. The number of thiol groups is 2. The number of hydrogen-bond donors (Lipinski definition) is 4. The van der Waals surface area contributed by atoms with E-state index in [9.17, 15) is 0 Å². The van der Waals surface area contributed by atoms with E-state index in [1.165, 1.54) is 11.1 Å². The molecular formula is C17H26N4S2. The van der Waals surface area contributed by atoms with Crippen molar-refractivity contribution in [2.75, 3.05) is 24.6 Å². The second-order valence-electron chi connectivity index (χ2n) is 4.88. The van der Waals surface area contributed by atoms with Crippen LogP contribution in [0.5, 0.6) is 0 Å². The highest BCUT2D eigenvalue weighted by Gasteiger charge is 1.90. The van der Waals surface area contributed by atoms with Gasteiger partial charge in [0.15, 0.2) is 0 Å². The van der Waals surface area contributed by atoms with Gasteiger partial charge in [-0.15, -0.1) is 0 Å². The minimum absolute atomic E-state index is 0.875. The number of aromatic nitrogens is 2. The van der Waals surface area contributed by atoms with Gasteiger partial charge < -0.3 is 10.6 Å². The second kappa shape index (κ2) is 14.5. The SMILES string of the molecule is SCCCNCc1cccnc1.SCCNCc1cccnc1. The molecule has 4 nitrogen and oxygen atoms in total. The van der Waals surface area contributed by atoms with Crippen molar-refractivity contribution in [1.82, 2.24) is 20.6 Å². The van der Waals surface area contributed by atoms with Gasteiger partial charge in [0.25, 0.3) is 0 Å². The Morgan fingerprint density at radius 2 is 1.35 bits per heavy atom. The Morgan fingerprint density at radius 3 is 1.78 bits per heavy atom. The Hall–Kier alpha value is -1.08. The molecule has 0 bridgehead atoms. The zero-order valence-electron chi connectivity index (χ0n) is 13.4. The highest BCUT2D eigenvalue weighted by atomic mass is 32.1. The summed E-state index contributed by atoms with van der Waals surface area (Å²) in [6, 6.07) is 8.02. The largest absolute Gasteiger partial charge is 0.313 e. The second-order valence-corrected chi connectivity index (χ2v) is 5.77. The molecule has 0 saturated heterocycles. The van der Waals surface area contributed by atoms with Crippen molar-refractivity contribution in [3.05, 3.63) is 60.2 Å². The summed E-state index contributed by atoms with van der Waals surface area (Å²) in [6.07, 6.45) is 8.43. The van der Waals surface area contributed by atoms with Crippen molar-refractivity contribution in [1.29, 1.82) is 0 Å². The van der Waals surface area contributed by atoms with Gasteiger partial charge in [0.1, 0.15) is 0 Å². The van der Waals surface area contributed by atoms with Crippen LogP contribution in [0.2, 0.25) is 0 Å². The maximum absolute atomic E-state index is 4.13. The third-order valence-electron chi connectivity index (χ3n) is 2.90. The summed E-state index contributed by atoms with van der Waals surface area (Å²) < 4.78 is 0. The van der Waals surface area contributed by atoms with Gasteiger partial charge in [-0.3, -0.25) is 9.97 Å². The van der Waals surface area contributed by atoms with Gasteiger partial charge in [0.05, 0.1) is 0 Å². The molecule has 0 saturated carbocycles. The van der Waals surface area contributed by atoms with Gasteiger partial charge in [0.2, 0.25) is 0 Å². The molecular weight excluding hydrogens is 324 g/mol. The van der Waals surface area contributed by atoms with Crippen LogP contribution in [-0.2, 0) is 13.1 Å². The van der Waals surface area contributed by atoms with Crippen LogP contribution in [0.4, 0.5) is 0 Å². The van der Waals surface area contributed by atoms with E-state index in [4.69, 9.17) is 0 Å². The number of hydrogen-bond acceptors (Lipinski definition) is 6. The van der Waals surface area contributed by atoms with Gasteiger partial charge >= 0.3 is 0 Å². The van der Waals surface area contributed by atoms with Gasteiger partial charge in [-0.05, 0) is 42.0 Å². The van der Waals surface area contributed by atoms with Crippen molar-refractivity contribution in [2.45, 2.75) is 19.5 Å². The molecule has 0 radical (unpaired) electrons. The van der Waals surface area contributed by atoms with E-state index in [2.05, 4.69) is 58.0 Å². The topological polar surface area (TPSA) is 49.8 Å². The number of nitrogens with one attached hydrogen (secondary N) is 2. The fourth-order valence-electron chi connectivity index (χ4n) is 1.75. The van der Waals surface area contributed by atoms with E-state index in [1.54, 1.807) is 12.4 Å². The summed E-state index contributed by atoms with van der Waals surface area (Å²) >= 11 is 8.22. The zero-order valence-corrected chi connectivity index (χ0v) is 15.1. The molecule has 0 spiro atoms. The van der Waals surface area contributed by atoms with Crippen molar-refractivity contribution < 1.29 is 0 Å². The first-order chi connectivity index (χ1) is 11.4. The van der Waals surface area contributed by atoms with E-state index < -0.39 is 0 Å². The smallest absolute Gasteiger partial charge is 0.0312 e. The van der Waals surface area contributed by atoms with Crippen LogP contribution in [0.3, 0.4) is 0 Å². The Morgan fingerprint density at radius 1 is 0.783 bits per heavy atom. The third kappa shape index (κ3) is 11.1. The lowest BCUT2D eigenvalue weighted by atomic mass is 10.3. The molecule has 2 aromatic rings. The van der Waals surface area contributed by atoms with E-state index in [1.807, 2.05) is 24.5 Å².